The van der Waals surface area contributed by atoms with Gasteiger partial charge >= 0.3 is 0 Å². The van der Waals surface area contributed by atoms with Crippen LogP contribution in [0.4, 0.5) is 8.78 Å². The van der Waals surface area contributed by atoms with Gasteiger partial charge in [0.15, 0.2) is 17.7 Å². The van der Waals surface area contributed by atoms with Gasteiger partial charge in [0.1, 0.15) is 17.2 Å². The molecule has 3 heterocycles. The van der Waals surface area contributed by atoms with Crippen molar-refractivity contribution in [3.05, 3.63) is 63.1 Å². The largest absolute Gasteiger partial charge is 0.503 e. The normalized spacial score (nSPS) is 27.1. The lowest BCUT2D eigenvalue weighted by Gasteiger charge is -2.50. The van der Waals surface area contributed by atoms with E-state index >= 15 is 0 Å². The lowest BCUT2D eigenvalue weighted by atomic mass is 9.80. The summed E-state index contributed by atoms with van der Waals surface area (Å²) in [5.74, 6) is -4.13. The molecule has 5 rings (SSSR count). The zero-order valence-electron chi connectivity index (χ0n) is 17.2. The van der Waals surface area contributed by atoms with Gasteiger partial charge in [0.25, 0.3) is 11.8 Å². The molecule has 2 amide bonds. The fraction of sp³-hybridized carbons (Fsp3) is 0.409. The van der Waals surface area contributed by atoms with E-state index in [0.717, 1.165) is 12.3 Å². The molecule has 2 aliphatic heterocycles. The Balaban J connectivity index is 1.54. The number of carbonyl (C=O) groups excluding carboxylic acids is 2. The number of nitrogens with two attached hydrogens (primary N) is 1. The number of aromatic hydroxyl groups is 1. The number of pyridine rings is 1. The van der Waals surface area contributed by atoms with Crippen LogP contribution in [-0.4, -0.2) is 44.3 Å². The number of carbonyl (C=O) groups is 2. The molecule has 4 atom stereocenters. The van der Waals surface area contributed by atoms with E-state index in [1.807, 2.05) is 6.92 Å². The third kappa shape index (κ3) is 2.78. The number of hydrogen-bond donors (Lipinski definition) is 2. The standard InChI is InChI=1S/C22H21F2N3O5/c1-10(13-3-2-11(23)6-15(13)24)22-5-4-12(7-22)27-16(32-22)9-26-8-14(20(25)30)18(28)19(29)17(26)21(27)31/h2-3,6,8,10,12,16,29H,4-5,7,9H2,1H3,(H2,25,30)/t10-,12?,16?,22?/m1/s1. The van der Waals surface area contributed by atoms with Crippen LogP contribution in [-0.2, 0) is 11.3 Å². The van der Waals surface area contributed by atoms with Crippen molar-refractivity contribution in [1.82, 2.24) is 9.47 Å². The number of halogens is 2. The van der Waals surface area contributed by atoms with Gasteiger partial charge in [0.2, 0.25) is 5.43 Å². The van der Waals surface area contributed by atoms with Crippen LogP contribution in [0.3, 0.4) is 0 Å². The Kier molecular flexibility index (Phi) is 4.42. The van der Waals surface area contributed by atoms with Crippen molar-refractivity contribution < 1.29 is 28.2 Å². The van der Waals surface area contributed by atoms with Crippen molar-refractivity contribution in [2.24, 2.45) is 5.73 Å². The number of benzene rings is 1. The molecule has 1 saturated carbocycles. The first kappa shape index (κ1) is 20.6. The summed E-state index contributed by atoms with van der Waals surface area (Å²) in [6, 6.07) is 3.23. The highest BCUT2D eigenvalue weighted by Gasteiger charge is 2.56. The fourth-order valence-electron chi connectivity index (χ4n) is 5.46. The summed E-state index contributed by atoms with van der Waals surface area (Å²) in [7, 11) is 0. The molecule has 2 aromatic rings. The second kappa shape index (κ2) is 6.86. The lowest BCUT2D eigenvalue weighted by Crippen LogP contribution is -2.60. The molecule has 1 aliphatic carbocycles. The van der Waals surface area contributed by atoms with Gasteiger partial charge in [-0.2, -0.15) is 0 Å². The van der Waals surface area contributed by atoms with Crippen molar-refractivity contribution >= 4 is 11.8 Å². The highest BCUT2D eigenvalue weighted by molar-refractivity contribution is 5.98. The number of fused-ring (bicyclic) bond motifs is 5. The average molecular weight is 445 g/mol. The number of hydrogen-bond acceptors (Lipinski definition) is 5. The van der Waals surface area contributed by atoms with Crippen molar-refractivity contribution in [3.8, 4) is 5.75 Å². The van der Waals surface area contributed by atoms with Crippen LogP contribution in [0.25, 0.3) is 0 Å². The maximum atomic E-state index is 14.5. The molecule has 1 saturated heterocycles. The number of nitrogens with zero attached hydrogens (tertiary/aromatic N) is 2. The van der Waals surface area contributed by atoms with E-state index in [1.165, 1.54) is 21.6 Å². The molecule has 8 nitrogen and oxygen atoms in total. The monoisotopic (exact) mass is 445 g/mol. The summed E-state index contributed by atoms with van der Waals surface area (Å²) < 4.78 is 35.6. The predicted octanol–water partition coefficient (Wildman–Crippen LogP) is 1.84. The molecule has 0 spiro atoms. The SMILES string of the molecule is C[C@H](c1ccc(F)cc1F)C12CCC(C1)N1C(=O)c3c(O)c(=O)c(C(N)=O)cn3CC1O2. The van der Waals surface area contributed by atoms with Gasteiger partial charge in [0, 0.05) is 24.2 Å². The van der Waals surface area contributed by atoms with Crippen LogP contribution >= 0.6 is 0 Å². The van der Waals surface area contributed by atoms with E-state index in [0.29, 0.717) is 24.8 Å². The Bertz CT molecular complexity index is 1230. The molecule has 1 aromatic heterocycles. The van der Waals surface area contributed by atoms with E-state index in [4.69, 9.17) is 10.5 Å². The van der Waals surface area contributed by atoms with Crippen LogP contribution in [0.5, 0.6) is 5.75 Å². The van der Waals surface area contributed by atoms with Crippen LogP contribution in [0.15, 0.2) is 29.2 Å². The van der Waals surface area contributed by atoms with Gasteiger partial charge < -0.3 is 25.0 Å². The van der Waals surface area contributed by atoms with Crippen LogP contribution in [0.2, 0.25) is 0 Å². The summed E-state index contributed by atoms with van der Waals surface area (Å²) in [5.41, 5.74) is 3.17. The Morgan fingerprint density at radius 3 is 2.78 bits per heavy atom. The van der Waals surface area contributed by atoms with Gasteiger partial charge in [-0.15, -0.1) is 0 Å². The van der Waals surface area contributed by atoms with Crippen molar-refractivity contribution in [3.63, 3.8) is 0 Å². The molecule has 32 heavy (non-hydrogen) atoms. The number of rotatable bonds is 3. The average Bonchev–Trinajstić information content (AvgIpc) is 3.07. The molecule has 168 valence electrons. The summed E-state index contributed by atoms with van der Waals surface area (Å²) in [6.45, 7) is 1.88. The maximum absolute atomic E-state index is 14.5. The molecule has 2 bridgehead atoms. The van der Waals surface area contributed by atoms with Gasteiger partial charge in [-0.05, 0) is 30.9 Å². The van der Waals surface area contributed by atoms with Crippen LogP contribution in [0.1, 0.15) is 58.5 Å². The van der Waals surface area contributed by atoms with Gasteiger partial charge in [0.05, 0.1) is 12.1 Å². The molecule has 2 fully saturated rings. The first-order valence-corrected chi connectivity index (χ1v) is 10.3. The second-order valence-electron chi connectivity index (χ2n) is 8.72. The zero-order valence-corrected chi connectivity index (χ0v) is 17.2. The van der Waals surface area contributed by atoms with Gasteiger partial charge in [-0.25, -0.2) is 8.78 Å². The lowest BCUT2D eigenvalue weighted by molar-refractivity contribution is -0.192. The molecule has 0 radical (unpaired) electrons. The Hall–Kier alpha value is -3.27. The summed E-state index contributed by atoms with van der Waals surface area (Å²) >= 11 is 0. The Morgan fingerprint density at radius 2 is 2.09 bits per heavy atom. The van der Waals surface area contributed by atoms with E-state index in [2.05, 4.69) is 0 Å². The van der Waals surface area contributed by atoms with E-state index in [-0.39, 0.29) is 18.3 Å². The summed E-state index contributed by atoms with van der Waals surface area (Å²) in [6.07, 6.45) is 2.01. The molecular weight excluding hydrogens is 424 g/mol. The van der Waals surface area contributed by atoms with E-state index in [9.17, 15) is 28.3 Å². The minimum atomic E-state index is -1.02. The number of ether oxygens (including phenoxy) is 1. The molecule has 10 heteroatoms. The molecule has 3 aliphatic rings. The Morgan fingerprint density at radius 1 is 1.34 bits per heavy atom. The summed E-state index contributed by atoms with van der Waals surface area (Å²) in [5, 5.41) is 10.3. The second-order valence-corrected chi connectivity index (χ2v) is 8.72. The predicted molar refractivity (Wildman–Crippen MR) is 107 cm³/mol. The summed E-state index contributed by atoms with van der Waals surface area (Å²) in [4.78, 5) is 38.6. The minimum Gasteiger partial charge on any atom is -0.503 e. The minimum absolute atomic E-state index is 0.0616. The van der Waals surface area contributed by atoms with Gasteiger partial charge in [-0.1, -0.05) is 13.0 Å². The zero-order chi connectivity index (χ0) is 22.9. The smallest absolute Gasteiger partial charge is 0.276 e. The number of primary amides is 1. The maximum Gasteiger partial charge on any atom is 0.276 e. The van der Waals surface area contributed by atoms with Crippen molar-refractivity contribution in [2.45, 2.75) is 56.5 Å². The molecule has 3 N–H and O–H groups in total. The van der Waals surface area contributed by atoms with E-state index in [1.54, 1.807) is 0 Å². The fourth-order valence-corrected chi connectivity index (χ4v) is 5.46. The van der Waals surface area contributed by atoms with Crippen LogP contribution in [0, 0.1) is 11.6 Å². The first-order valence-electron chi connectivity index (χ1n) is 10.3. The quantitative estimate of drug-likeness (QED) is 0.748. The van der Waals surface area contributed by atoms with Gasteiger partial charge in [-0.3, -0.25) is 14.4 Å². The Labute approximate surface area is 181 Å². The molecular formula is C22H21F2N3O5. The highest BCUT2D eigenvalue weighted by Crippen LogP contribution is 2.51. The van der Waals surface area contributed by atoms with Crippen molar-refractivity contribution in [2.75, 3.05) is 0 Å². The first-order chi connectivity index (χ1) is 15.1. The van der Waals surface area contributed by atoms with Crippen LogP contribution < -0.4 is 11.2 Å². The molecule has 1 aromatic carbocycles. The topological polar surface area (TPSA) is 115 Å². The van der Waals surface area contributed by atoms with Crippen molar-refractivity contribution in [1.29, 1.82) is 0 Å². The number of aromatic nitrogens is 1. The highest BCUT2D eigenvalue weighted by atomic mass is 19.1. The third-order valence-electron chi connectivity index (χ3n) is 7.09. The molecule has 3 unspecified atom stereocenters. The van der Waals surface area contributed by atoms with E-state index < -0.39 is 57.9 Å². The number of amides is 2. The third-order valence-corrected chi connectivity index (χ3v) is 7.09.